The Morgan fingerprint density at radius 2 is 2.16 bits per heavy atom. The number of nitrogens with one attached hydrogen (secondary N) is 2. The van der Waals surface area contributed by atoms with Crippen molar-refractivity contribution in [3.63, 3.8) is 0 Å². The lowest BCUT2D eigenvalue weighted by molar-refractivity contribution is 0.0343. The number of imidazole rings is 1. The van der Waals surface area contributed by atoms with Gasteiger partial charge in [0.25, 0.3) is 0 Å². The summed E-state index contributed by atoms with van der Waals surface area (Å²) in [6, 6.07) is 4.95. The zero-order valence-electron chi connectivity index (χ0n) is 10.8. The van der Waals surface area contributed by atoms with Gasteiger partial charge in [-0.3, -0.25) is 0 Å². The number of piperidine rings is 1. The highest BCUT2D eigenvalue weighted by Gasteiger charge is 2.13. The molecular formula is C14H18FN3O. The van der Waals surface area contributed by atoms with Crippen molar-refractivity contribution in [2.45, 2.75) is 25.4 Å². The van der Waals surface area contributed by atoms with Crippen LogP contribution in [0.25, 0.3) is 11.0 Å². The van der Waals surface area contributed by atoms with E-state index in [1.165, 1.54) is 6.07 Å². The van der Waals surface area contributed by atoms with Gasteiger partial charge >= 0.3 is 0 Å². The largest absolute Gasteiger partial charge is 0.378 e. The lowest BCUT2D eigenvalue weighted by atomic mass is 10.1. The van der Waals surface area contributed by atoms with Gasteiger partial charge in [-0.1, -0.05) is 6.07 Å². The van der Waals surface area contributed by atoms with Crippen LogP contribution in [0.4, 0.5) is 4.39 Å². The van der Waals surface area contributed by atoms with Crippen LogP contribution in [0, 0.1) is 5.82 Å². The smallest absolute Gasteiger partial charge is 0.151 e. The number of para-hydroxylation sites is 1. The van der Waals surface area contributed by atoms with Crippen LogP contribution in [0.2, 0.25) is 0 Å². The molecule has 2 heterocycles. The molecule has 102 valence electrons. The van der Waals surface area contributed by atoms with E-state index in [1.807, 2.05) is 6.07 Å². The highest BCUT2D eigenvalue weighted by Crippen LogP contribution is 2.15. The maximum Gasteiger partial charge on any atom is 0.151 e. The number of aromatic nitrogens is 2. The van der Waals surface area contributed by atoms with Gasteiger partial charge < -0.3 is 15.0 Å². The first-order chi connectivity index (χ1) is 9.33. The predicted octanol–water partition coefficient (Wildman–Crippen LogP) is 2.01. The number of aromatic amines is 1. The minimum absolute atomic E-state index is 0.278. The Balaban J connectivity index is 1.57. The molecule has 3 rings (SSSR count). The topological polar surface area (TPSA) is 49.9 Å². The van der Waals surface area contributed by atoms with E-state index in [1.54, 1.807) is 6.07 Å². The maximum atomic E-state index is 13.5. The SMILES string of the molecule is Fc1cccc2[nH]c(CCOC3CCNCC3)nc12. The highest BCUT2D eigenvalue weighted by molar-refractivity contribution is 5.75. The predicted molar refractivity (Wildman–Crippen MR) is 71.6 cm³/mol. The Hall–Kier alpha value is -1.46. The van der Waals surface area contributed by atoms with Gasteiger partial charge in [0.05, 0.1) is 18.2 Å². The van der Waals surface area contributed by atoms with Gasteiger partial charge in [0.2, 0.25) is 0 Å². The van der Waals surface area contributed by atoms with Crippen molar-refractivity contribution in [2.75, 3.05) is 19.7 Å². The second-order valence-electron chi connectivity index (χ2n) is 4.89. The number of ether oxygens (including phenoxy) is 1. The third-order valence-electron chi connectivity index (χ3n) is 3.49. The Labute approximate surface area is 111 Å². The van der Waals surface area contributed by atoms with Gasteiger partial charge in [-0.05, 0) is 38.1 Å². The Bertz CT molecular complexity index is 549. The molecule has 0 saturated carbocycles. The minimum atomic E-state index is -0.278. The lowest BCUT2D eigenvalue weighted by Gasteiger charge is -2.22. The normalized spacial score (nSPS) is 17.1. The zero-order valence-corrected chi connectivity index (χ0v) is 10.8. The van der Waals surface area contributed by atoms with Crippen molar-refractivity contribution < 1.29 is 9.13 Å². The molecule has 2 N–H and O–H groups in total. The molecule has 1 aliphatic heterocycles. The molecule has 1 aromatic carbocycles. The van der Waals surface area contributed by atoms with Crippen molar-refractivity contribution in [2.24, 2.45) is 0 Å². The van der Waals surface area contributed by atoms with E-state index in [-0.39, 0.29) is 5.82 Å². The Morgan fingerprint density at radius 1 is 1.32 bits per heavy atom. The maximum absolute atomic E-state index is 13.5. The molecule has 1 fully saturated rings. The van der Waals surface area contributed by atoms with Gasteiger partial charge in [-0.15, -0.1) is 0 Å². The first kappa shape index (κ1) is 12.6. The fraction of sp³-hybridized carbons (Fsp3) is 0.500. The van der Waals surface area contributed by atoms with E-state index in [2.05, 4.69) is 15.3 Å². The van der Waals surface area contributed by atoms with Crippen LogP contribution in [0.15, 0.2) is 18.2 Å². The van der Waals surface area contributed by atoms with Crippen LogP contribution in [0.1, 0.15) is 18.7 Å². The number of benzene rings is 1. The summed E-state index contributed by atoms with van der Waals surface area (Å²) in [5.74, 6) is 0.508. The van der Waals surface area contributed by atoms with E-state index < -0.39 is 0 Å². The fourth-order valence-electron chi connectivity index (χ4n) is 2.45. The molecule has 0 spiro atoms. The first-order valence-electron chi connectivity index (χ1n) is 6.78. The van der Waals surface area contributed by atoms with Crippen molar-refractivity contribution in [1.82, 2.24) is 15.3 Å². The third kappa shape index (κ3) is 2.93. The number of nitrogens with zero attached hydrogens (tertiary/aromatic N) is 1. The van der Waals surface area contributed by atoms with E-state index >= 15 is 0 Å². The van der Waals surface area contributed by atoms with Crippen LogP contribution in [0.5, 0.6) is 0 Å². The average molecular weight is 263 g/mol. The highest BCUT2D eigenvalue weighted by atomic mass is 19.1. The quantitative estimate of drug-likeness (QED) is 0.887. The summed E-state index contributed by atoms with van der Waals surface area (Å²) in [6.07, 6.45) is 3.17. The summed E-state index contributed by atoms with van der Waals surface area (Å²) in [7, 11) is 0. The third-order valence-corrected chi connectivity index (χ3v) is 3.49. The standard InChI is InChI=1S/C14H18FN3O/c15-11-2-1-3-12-14(11)18-13(17-12)6-9-19-10-4-7-16-8-5-10/h1-3,10,16H,4-9H2,(H,17,18). The van der Waals surface area contributed by atoms with Crippen molar-refractivity contribution in [1.29, 1.82) is 0 Å². The van der Waals surface area contributed by atoms with Crippen LogP contribution in [0.3, 0.4) is 0 Å². The van der Waals surface area contributed by atoms with E-state index in [9.17, 15) is 4.39 Å². The number of fused-ring (bicyclic) bond motifs is 1. The lowest BCUT2D eigenvalue weighted by Crippen LogP contribution is -2.32. The number of hydrogen-bond acceptors (Lipinski definition) is 3. The first-order valence-corrected chi connectivity index (χ1v) is 6.78. The molecule has 0 aliphatic carbocycles. The molecule has 19 heavy (non-hydrogen) atoms. The Morgan fingerprint density at radius 3 is 2.95 bits per heavy atom. The zero-order chi connectivity index (χ0) is 13.1. The monoisotopic (exact) mass is 263 g/mol. The summed E-state index contributed by atoms with van der Waals surface area (Å²) < 4.78 is 19.3. The molecule has 5 heteroatoms. The molecule has 0 bridgehead atoms. The average Bonchev–Trinajstić information content (AvgIpc) is 2.84. The van der Waals surface area contributed by atoms with Gasteiger partial charge in [0.15, 0.2) is 5.82 Å². The van der Waals surface area contributed by atoms with E-state index in [0.717, 1.165) is 37.3 Å². The fourth-order valence-corrected chi connectivity index (χ4v) is 2.45. The molecule has 0 amide bonds. The minimum Gasteiger partial charge on any atom is -0.378 e. The summed E-state index contributed by atoms with van der Waals surface area (Å²) in [5.41, 5.74) is 1.16. The number of rotatable bonds is 4. The molecule has 1 aliphatic rings. The molecule has 0 radical (unpaired) electrons. The van der Waals surface area contributed by atoms with Crippen LogP contribution in [-0.2, 0) is 11.2 Å². The van der Waals surface area contributed by atoms with Crippen molar-refractivity contribution in [3.8, 4) is 0 Å². The second kappa shape index (κ2) is 5.67. The summed E-state index contributed by atoms with van der Waals surface area (Å²) in [5, 5.41) is 3.31. The molecule has 0 unspecified atom stereocenters. The molecule has 1 aromatic heterocycles. The summed E-state index contributed by atoms with van der Waals surface area (Å²) in [4.78, 5) is 7.40. The van der Waals surface area contributed by atoms with Crippen molar-refractivity contribution >= 4 is 11.0 Å². The van der Waals surface area contributed by atoms with Crippen LogP contribution >= 0.6 is 0 Å². The molecule has 2 aromatic rings. The molecular weight excluding hydrogens is 245 g/mol. The second-order valence-corrected chi connectivity index (χ2v) is 4.89. The van der Waals surface area contributed by atoms with Gasteiger partial charge in [-0.2, -0.15) is 0 Å². The van der Waals surface area contributed by atoms with Gasteiger partial charge in [0.1, 0.15) is 11.3 Å². The van der Waals surface area contributed by atoms with Crippen LogP contribution < -0.4 is 5.32 Å². The van der Waals surface area contributed by atoms with Gasteiger partial charge in [-0.25, -0.2) is 9.37 Å². The molecule has 0 atom stereocenters. The van der Waals surface area contributed by atoms with Gasteiger partial charge in [0, 0.05) is 6.42 Å². The van der Waals surface area contributed by atoms with Crippen molar-refractivity contribution in [3.05, 3.63) is 29.8 Å². The van der Waals surface area contributed by atoms with Crippen LogP contribution in [-0.4, -0.2) is 35.8 Å². The van der Waals surface area contributed by atoms with E-state index in [4.69, 9.17) is 4.74 Å². The van der Waals surface area contributed by atoms with E-state index in [0.29, 0.717) is 24.6 Å². The summed E-state index contributed by atoms with van der Waals surface area (Å²) >= 11 is 0. The molecule has 4 nitrogen and oxygen atoms in total. The number of halogens is 1. The number of H-pyrrole nitrogens is 1. The summed E-state index contributed by atoms with van der Waals surface area (Å²) in [6.45, 7) is 2.69. The molecule has 1 saturated heterocycles. The Kier molecular flexibility index (Phi) is 3.75. The number of hydrogen-bond donors (Lipinski definition) is 2.